The van der Waals surface area contributed by atoms with Crippen molar-refractivity contribution < 1.29 is 27.7 Å². The van der Waals surface area contributed by atoms with Crippen molar-refractivity contribution in [1.82, 2.24) is 5.32 Å². The number of nitrogens with one attached hydrogen (secondary N) is 3. The summed E-state index contributed by atoms with van der Waals surface area (Å²) in [5.74, 6) is -0.648. The van der Waals surface area contributed by atoms with Crippen LogP contribution >= 0.6 is 0 Å². The average Bonchev–Trinajstić information content (AvgIpc) is 2.44. The van der Waals surface area contributed by atoms with Gasteiger partial charge in [-0.15, -0.1) is 0 Å². The highest BCUT2D eigenvalue weighted by molar-refractivity contribution is 5.93. The molecule has 0 aliphatic carbocycles. The van der Waals surface area contributed by atoms with Crippen molar-refractivity contribution in [2.45, 2.75) is 39.0 Å². The Hall–Kier alpha value is -2.09. The fourth-order valence-electron chi connectivity index (χ4n) is 2.03. The first-order valence-electron chi connectivity index (χ1n) is 7.60. The van der Waals surface area contributed by atoms with Gasteiger partial charge in [-0.25, -0.2) is 0 Å². The summed E-state index contributed by atoms with van der Waals surface area (Å²) < 4.78 is 38.0. The van der Waals surface area contributed by atoms with E-state index in [1.165, 1.54) is 12.1 Å². The first-order valence-corrected chi connectivity index (χ1v) is 7.60. The van der Waals surface area contributed by atoms with Gasteiger partial charge >= 0.3 is 6.18 Å². The second-order valence-electron chi connectivity index (χ2n) is 6.03. The van der Waals surface area contributed by atoms with Crippen LogP contribution < -0.4 is 15.5 Å². The van der Waals surface area contributed by atoms with E-state index in [1.807, 2.05) is 13.8 Å². The molecule has 3 N–H and O–H groups in total. The normalized spacial score (nSPS) is 14.2. The maximum atomic E-state index is 12.7. The second-order valence-corrected chi connectivity index (χ2v) is 6.03. The van der Waals surface area contributed by atoms with Gasteiger partial charge in [0.05, 0.1) is 12.6 Å². The molecule has 24 heavy (non-hydrogen) atoms. The molecular formula is C16H23F3N3O2+. The lowest BCUT2D eigenvalue weighted by Crippen LogP contribution is -3.15. The van der Waals surface area contributed by atoms with Gasteiger partial charge in [0.25, 0.3) is 11.8 Å². The summed E-state index contributed by atoms with van der Waals surface area (Å²) in [7, 11) is 1.68. The average molecular weight is 346 g/mol. The van der Waals surface area contributed by atoms with E-state index >= 15 is 0 Å². The minimum absolute atomic E-state index is 0.000425. The number of quaternary nitrogens is 1. The van der Waals surface area contributed by atoms with Crippen LogP contribution in [0.3, 0.4) is 0 Å². The number of hydrogen-bond acceptors (Lipinski definition) is 2. The largest absolute Gasteiger partial charge is 0.416 e. The number of carbonyl (C=O) groups is 2. The molecular weight excluding hydrogens is 323 g/mol. The third-order valence-corrected chi connectivity index (χ3v) is 3.48. The van der Waals surface area contributed by atoms with Crippen molar-refractivity contribution in [3.05, 3.63) is 29.8 Å². The summed E-state index contributed by atoms with van der Waals surface area (Å²) in [5, 5.41) is 5.18. The summed E-state index contributed by atoms with van der Waals surface area (Å²) >= 11 is 0. The number of anilines is 1. The molecule has 0 aromatic heterocycles. The number of benzene rings is 1. The minimum atomic E-state index is -4.47. The van der Waals surface area contributed by atoms with E-state index < -0.39 is 23.7 Å². The number of likely N-dealkylation sites (N-methyl/N-ethyl adjacent to an activating group) is 1. The maximum absolute atomic E-state index is 12.7. The molecule has 2 atom stereocenters. The Morgan fingerprint density at radius 3 is 2.38 bits per heavy atom. The molecule has 0 saturated heterocycles. The van der Waals surface area contributed by atoms with Gasteiger partial charge in [0.1, 0.15) is 0 Å². The SMILES string of the molecule is CC(C)NC(=O)C[NH+](C)[C@@H](C)C(=O)Nc1cccc(C(F)(F)F)c1. The molecule has 2 amide bonds. The standard InChI is InChI=1S/C16H22F3N3O2/c1-10(2)20-14(23)9-22(4)11(3)15(24)21-13-7-5-6-12(8-13)16(17,18)19/h5-8,10-11H,9H2,1-4H3,(H,20,23)(H,21,24)/p+1/t11-/m0/s1. The zero-order chi connectivity index (χ0) is 18.5. The molecule has 0 saturated carbocycles. The summed E-state index contributed by atoms with van der Waals surface area (Å²) in [4.78, 5) is 24.5. The Labute approximate surface area is 139 Å². The molecule has 1 aromatic carbocycles. The molecule has 8 heteroatoms. The Morgan fingerprint density at radius 1 is 1.21 bits per heavy atom. The van der Waals surface area contributed by atoms with Crippen LogP contribution in [-0.2, 0) is 15.8 Å². The van der Waals surface area contributed by atoms with Gasteiger partial charge in [0.15, 0.2) is 12.6 Å². The first-order chi connectivity index (χ1) is 11.0. The summed E-state index contributed by atoms with van der Waals surface area (Å²) in [6, 6.07) is 3.84. The van der Waals surface area contributed by atoms with Crippen molar-refractivity contribution >= 4 is 17.5 Å². The van der Waals surface area contributed by atoms with Crippen LogP contribution in [0.25, 0.3) is 0 Å². The van der Waals surface area contributed by atoms with Gasteiger partial charge in [0, 0.05) is 11.7 Å². The lowest BCUT2D eigenvalue weighted by atomic mass is 10.2. The third kappa shape index (κ3) is 6.19. The topological polar surface area (TPSA) is 62.6 Å². The van der Waals surface area contributed by atoms with Crippen LogP contribution in [0.15, 0.2) is 24.3 Å². The van der Waals surface area contributed by atoms with E-state index in [4.69, 9.17) is 0 Å². The monoisotopic (exact) mass is 346 g/mol. The molecule has 5 nitrogen and oxygen atoms in total. The summed E-state index contributed by atoms with van der Waals surface area (Å²) in [6.45, 7) is 5.37. The molecule has 0 radical (unpaired) electrons. The van der Waals surface area contributed by atoms with E-state index in [1.54, 1.807) is 14.0 Å². The van der Waals surface area contributed by atoms with Crippen molar-refractivity contribution in [2.24, 2.45) is 0 Å². The lowest BCUT2D eigenvalue weighted by Gasteiger charge is -2.21. The van der Waals surface area contributed by atoms with Gasteiger partial charge in [0.2, 0.25) is 0 Å². The molecule has 0 aliphatic heterocycles. The van der Waals surface area contributed by atoms with E-state index in [0.29, 0.717) is 4.90 Å². The van der Waals surface area contributed by atoms with Crippen molar-refractivity contribution in [3.8, 4) is 0 Å². The van der Waals surface area contributed by atoms with Crippen LogP contribution in [0.5, 0.6) is 0 Å². The van der Waals surface area contributed by atoms with E-state index in [9.17, 15) is 22.8 Å². The van der Waals surface area contributed by atoms with Gasteiger partial charge in [-0.1, -0.05) is 6.07 Å². The number of alkyl halides is 3. The van der Waals surface area contributed by atoms with Gasteiger partial charge in [-0.2, -0.15) is 13.2 Å². The summed E-state index contributed by atoms with van der Waals surface area (Å²) in [5.41, 5.74) is -0.758. The lowest BCUT2D eigenvalue weighted by molar-refractivity contribution is -0.885. The highest BCUT2D eigenvalue weighted by Crippen LogP contribution is 2.30. The summed E-state index contributed by atoms with van der Waals surface area (Å²) in [6.07, 6.45) is -4.47. The van der Waals surface area contributed by atoms with E-state index in [0.717, 1.165) is 12.1 Å². The fraction of sp³-hybridized carbons (Fsp3) is 0.500. The predicted molar refractivity (Wildman–Crippen MR) is 84.6 cm³/mol. The highest BCUT2D eigenvalue weighted by Gasteiger charge is 2.31. The highest BCUT2D eigenvalue weighted by atomic mass is 19.4. The van der Waals surface area contributed by atoms with Crippen LogP contribution in [-0.4, -0.2) is 37.5 Å². The predicted octanol–water partition coefficient (Wildman–Crippen LogP) is 1.07. The number of amides is 2. The molecule has 1 aromatic rings. The van der Waals surface area contributed by atoms with Crippen molar-refractivity contribution in [1.29, 1.82) is 0 Å². The fourth-order valence-corrected chi connectivity index (χ4v) is 2.03. The second kappa shape index (κ2) is 8.14. The van der Waals surface area contributed by atoms with Gasteiger partial charge in [-0.05, 0) is 39.0 Å². The number of carbonyl (C=O) groups excluding carboxylic acids is 2. The first kappa shape index (κ1) is 20.0. The number of rotatable bonds is 6. The zero-order valence-electron chi connectivity index (χ0n) is 14.1. The molecule has 1 unspecified atom stereocenters. The van der Waals surface area contributed by atoms with Gasteiger partial charge in [-0.3, -0.25) is 9.59 Å². The van der Waals surface area contributed by atoms with E-state index in [-0.39, 0.29) is 24.2 Å². The quantitative estimate of drug-likeness (QED) is 0.722. The van der Waals surface area contributed by atoms with Crippen LogP contribution in [0.4, 0.5) is 18.9 Å². The van der Waals surface area contributed by atoms with Crippen LogP contribution in [0, 0.1) is 0 Å². The molecule has 134 valence electrons. The minimum Gasteiger partial charge on any atom is -0.349 e. The van der Waals surface area contributed by atoms with Crippen molar-refractivity contribution in [2.75, 3.05) is 18.9 Å². The molecule has 0 aliphatic rings. The Kier molecular flexibility index (Phi) is 6.77. The maximum Gasteiger partial charge on any atom is 0.416 e. The number of halogens is 3. The van der Waals surface area contributed by atoms with Crippen molar-refractivity contribution in [3.63, 3.8) is 0 Å². The van der Waals surface area contributed by atoms with E-state index in [2.05, 4.69) is 10.6 Å². The molecule has 0 spiro atoms. The molecule has 0 fully saturated rings. The zero-order valence-corrected chi connectivity index (χ0v) is 14.1. The molecule has 1 rings (SSSR count). The molecule has 0 heterocycles. The number of hydrogen-bond donors (Lipinski definition) is 3. The van der Waals surface area contributed by atoms with Crippen LogP contribution in [0.1, 0.15) is 26.3 Å². The van der Waals surface area contributed by atoms with Crippen LogP contribution in [0.2, 0.25) is 0 Å². The smallest absolute Gasteiger partial charge is 0.349 e. The third-order valence-electron chi connectivity index (χ3n) is 3.48. The van der Waals surface area contributed by atoms with Gasteiger partial charge < -0.3 is 15.5 Å². The Balaban J connectivity index is 2.68. The Bertz CT molecular complexity index is 588. The Morgan fingerprint density at radius 2 is 1.83 bits per heavy atom. The molecule has 0 bridgehead atoms.